The molecule has 22 heavy (non-hydrogen) atoms. The van der Waals surface area contributed by atoms with Crippen LogP contribution in [-0.4, -0.2) is 63.8 Å². The van der Waals surface area contributed by atoms with Gasteiger partial charge in [-0.1, -0.05) is 6.92 Å². The Bertz CT molecular complexity index is 296. The van der Waals surface area contributed by atoms with Crippen LogP contribution in [0.2, 0.25) is 0 Å². The Morgan fingerprint density at radius 3 is 2.68 bits per heavy atom. The fourth-order valence-corrected chi connectivity index (χ4v) is 2.90. The number of aliphatic imine (C=N–C) groups is 1. The molecular formula is C17H36N4O. The average Bonchev–Trinajstić information content (AvgIpc) is 2.52. The Balaban J connectivity index is 1.97. The van der Waals surface area contributed by atoms with Crippen LogP contribution in [0.4, 0.5) is 0 Å². The van der Waals surface area contributed by atoms with Crippen molar-refractivity contribution >= 4 is 5.96 Å². The second-order valence-electron chi connectivity index (χ2n) is 6.23. The molecule has 1 saturated heterocycles. The topological polar surface area (TPSA) is 48.9 Å². The maximum atomic E-state index is 5.32. The molecule has 130 valence electrons. The van der Waals surface area contributed by atoms with Crippen LogP contribution >= 0.6 is 0 Å². The van der Waals surface area contributed by atoms with Crippen LogP contribution in [0, 0.1) is 5.92 Å². The standard InChI is InChI=1S/C17H36N4O/c1-4-22-14-8-11-20-17(18-3)19-10-5-6-12-21-13-7-9-16(2)15-21/h16H,4-15H2,1-3H3,(H2,18,19,20). The Morgan fingerprint density at radius 2 is 2.00 bits per heavy atom. The van der Waals surface area contributed by atoms with Gasteiger partial charge in [-0.05, 0) is 58.0 Å². The first-order valence-electron chi connectivity index (χ1n) is 9.00. The predicted octanol–water partition coefficient (Wildman–Crippen LogP) is 2.09. The van der Waals surface area contributed by atoms with Crippen molar-refractivity contribution < 1.29 is 4.74 Å². The summed E-state index contributed by atoms with van der Waals surface area (Å²) in [5, 5.41) is 6.71. The maximum Gasteiger partial charge on any atom is 0.190 e. The normalized spacial score (nSPS) is 20.1. The minimum Gasteiger partial charge on any atom is -0.382 e. The van der Waals surface area contributed by atoms with Gasteiger partial charge in [-0.3, -0.25) is 4.99 Å². The Kier molecular flexibility index (Phi) is 11.1. The van der Waals surface area contributed by atoms with Gasteiger partial charge in [0.05, 0.1) is 0 Å². The molecule has 1 aliphatic heterocycles. The lowest BCUT2D eigenvalue weighted by Gasteiger charge is -2.30. The van der Waals surface area contributed by atoms with E-state index in [9.17, 15) is 0 Å². The molecule has 5 nitrogen and oxygen atoms in total. The number of ether oxygens (including phenoxy) is 1. The Morgan fingerprint density at radius 1 is 1.23 bits per heavy atom. The summed E-state index contributed by atoms with van der Waals surface area (Å²) in [5.41, 5.74) is 0. The van der Waals surface area contributed by atoms with Crippen molar-refractivity contribution in [3.63, 3.8) is 0 Å². The van der Waals surface area contributed by atoms with Crippen LogP contribution in [0.3, 0.4) is 0 Å². The van der Waals surface area contributed by atoms with E-state index in [1.165, 1.54) is 45.3 Å². The summed E-state index contributed by atoms with van der Waals surface area (Å²) < 4.78 is 5.32. The van der Waals surface area contributed by atoms with Crippen molar-refractivity contribution in [3.05, 3.63) is 0 Å². The van der Waals surface area contributed by atoms with Gasteiger partial charge in [-0.2, -0.15) is 0 Å². The number of nitrogens with one attached hydrogen (secondary N) is 2. The van der Waals surface area contributed by atoms with Crippen molar-refractivity contribution in [2.45, 2.75) is 46.0 Å². The molecule has 0 aromatic heterocycles. The summed E-state index contributed by atoms with van der Waals surface area (Å²) in [6.45, 7) is 11.7. The second kappa shape index (κ2) is 12.7. The van der Waals surface area contributed by atoms with E-state index in [4.69, 9.17) is 4.74 Å². The van der Waals surface area contributed by atoms with E-state index in [0.29, 0.717) is 0 Å². The predicted molar refractivity (Wildman–Crippen MR) is 94.5 cm³/mol. The molecule has 0 saturated carbocycles. The monoisotopic (exact) mass is 312 g/mol. The number of hydrogen-bond donors (Lipinski definition) is 2. The molecule has 1 heterocycles. The van der Waals surface area contributed by atoms with Crippen molar-refractivity contribution in [2.24, 2.45) is 10.9 Å². The fraction of sp³-hybridized carbons (Fsp3) is 0.941. The molecule has 1 fully saturated rings. The van der Waals surface area contributed by atoms with E-state index in [-0.39, 0.29) is 0 Å². The summed E-state index contributed by atoms with van der Waals surface area (Å²) in [6, 6.07) is 0. The Labute approximate surface area is 136 Å². The molecule has 2 N–H and O–H groups in total. The summed E-state index contributed by atoms with van der Waals surface area (Å²) in [7, 11) is 1.83. The number of guanidine groups is 1. The third-order valence-corrected chi connectivity index (χ3v) is 4.12. The van der Waals surface area contributed by atoms with Crippen LogP contribution in [0.25, 0.3) is 0 Å². The van der Waals surface area contributed by atoms with E-state index in [1.807, 2.05) is 14.0 Å². The number of nitrogens with zero attached hydrogens (tertiary/aromatic N) is 2. The fourth-order valence-electron chi connectivity index (χ4n) is 2.90. The van der Waals surface area contributed by atoms with Gasteiger partial charge in [0.15, 0.2) is 5.96 Å². The molecule has 5 heteroatoms. The molecule has 0 aliphatic carbocycles. The molecule has 0 aromatic carbocycles. The van der Waals surface area contributed by atoms with Gasteiger partial charge in [0, 0.05) is 39.9 Å². The first-order valence-corrected chi connectivity index (χ1v) is 9.00. The van der Waals surface area contributed by atoms with E-state index < -0.39 is 0 Å². The zero-order valence-corrected chi connectivity index (χ0v) is 14.9. The molecule has 0 aromatic rings. The minimum absolute atomic E-state index is 0.794. The van der Waals surface area contributed by atoms with Crippen molar-refractivity contribution in [2.75, 3.05) is 53.0 Å². The second-order valence-corrected chi connectivity index (χ2v) is 6.23. The minimum atomic E-state index is 0.794. The highest BCUT2D eigenvalue weighted by Gasteiger charge is 2.15. The van der Waals surface area contributed by atoms with E-state index in [0.717, 1.165) is 44.6 Å². The number of piperidine rings is 1. The van der Waals surface area contributed by atoms with Gasteiger partial charge >= 0.3 is 0 Å². The summed E-state index contributed by atoms with van der Waals surface area (Å²) in [5.74, 6) is 1.79. The third kappa shape index (κ3) is 9.26. The highest BCUT2D eigenvalue weighted by molar-refractivity contribution is 5.79. The van der Waals surface area contributed by atoms with Gasteiger partial charge in [-0.25, -0.2) is 0 Å². The molecule has 1 atom stereocenters. The molecule has 0 radical (unpaired) electrons. The smallest absolute Gasteiger partial charge is 0.190 e. The summed E-state index contributed by atoms with van der Waals surface area (Å²) in [6.07, 6.45) is 6.26. The zero-order chi connectivity index (χ0) is 16.0. The van der Waals surface area contributed by atoms with Crippen molar-refractivity contribution in [1.29, 1.82) is 0 Å². The van der Waals surface area contributed by atoms with E-state index >= 15 is 0 Å². The van der Waals surface area contributed by atoms with Crippen LogP contribution in [-0.2, 0) is 4.74 Å². The molecule has 1 rings (SSSR count). The van der Waals surface area contributed by atoms with E-state index in [2.05, 4.69) is 27.4 Å². The van der Waals surface area contributed by atoms with Gasteiger partial charge in [0.2, 0.25) is 0 Å². The highest BCUT2D eigenvalue weighted by Crippen LogP contribution is 2.15. The molecule has 0 spiro atoms. The molecule has 0 bridgehead atoms. The van der Waals surface area contributed by atoms with Crippen LogP contribution < -0.4 is 10.6 Å². The highest BCUT2D eigenvalue weighted by atomic mass is 16.5. The number of unbranched alkanes of at least 4 members (excludes halogenated alkanes) is 1. The molecule has 1 unspecified atom stereocenters. The quantitative estimate of drug-likeness (QED) is 0.368. The molecule has 1 aliphatic rings. The SMILES string of the molecule is CCOCCCNC(=NC)NCCCCN1CCCC(C)C1. The third-order valence-electron chi connectivity index (χ3n) is 4.12. The van der Waals surface area contributed by atoms with Crippen molar-refractivity contribution in [1.82, 2.24) is 15.5 Å². The molecular weight excluding hydrogens is 276 g/mol. The number of hydrogen-bond acceptors (Lipinski definition) is 3. The number of rotatable bonds is 10. The maximum absolute atomic E-state index is 5.32. The Hall–Kier alpha value is -0.810. The lowest BCUT2D eigenvalue weighted by Crippen LogP contribution is -2.39. The summed E-state index contributed by atoms with van der Waals surface area (Å²) in [4.78, 5) is 6.87. The lowest BCUT2D eigenvalue weighted by molar-refractivity contribution is 0.145. The van der Waals surface area contributed by atoms with Gasteiger partial charge < -0.3 is 20.3 Å². The van der Waals surface area contributed by atoms with Gasteiger partial charge in [0.1, 0.15) is 0 Å². The average molecular weight is 313 g/mol. The van der Waals surface area contributed by atoms with Crippen LogP contribution in [0.15, 0.2) is 4.99 Å². The summed E-state index contributed by atoms with van der Waals surface area (Å²) >= 11 is 0. The van der Waals surface area contributed by atoms with Crippen molar-refractivity contribution in [3.8, 4) is 0 Å². The van der Waals surface area contributed by atoms with Crippen LogP contribution in [0.5, 0.6) is 0 Å². The number of likely N-dealkylation sites (tertiary alicyclic amines) is 1. The first kappa shape index (κ1) is 19.2. The van der Waals surface area contributed by atoms with Crippen LogP contribution in [0.1, 0.15) is 46.0 Å². The largest absolute Gasteiger partial charge is 0.382 e. The zero-order valence-electron chi connectivity index (χ0n) is 14.9. The lowest BCUT2D eigenvalue weighted by atomic mass is 10.0. The molecule has 0 amide bonds. The van der Waals surface area contributed by atoms with E-state index in [1.54, 1.807) is 0 Å². The van der Waals surface area contributed by atoms with Gasteiger partial charge in [-0.15, -0.1) is 0 Å². The first-order chi connectivity index (χ1) is 10.8. The van der Waals surface area contributed by atoms with Gasteiger partial charge in [0.25, 0.3) is 0 Å².